The molecule has 9 nitrogen and oxygen atoms in total. The Balaban J connectivity index is 1.22. The fraction of sp³-hybridized carbons (Fsp3) is 0.276. The molecule has 2 aliphatic rings. The third kappa shape index (κ3) is 5.30. The van der Waals surface area contributed by atoms with Gasteiger partial charge in [0.1, 0.15) is 35.2 Å². The van der Waals surface area contributed by atoms with Crippen LogP contribution in [0.15, 0.2) is 63.9 Å². The molecule has 1 aliphatic carbocycles. The highest BCUT2D eigenvalue weighted by atomic mass is 35.5. The first-order valence-corrected chi connectivity index (χ1v) is 14.1. The van der Waals surface area contributed by atoms with Crippen LogP contribution >= 0.6 is 34.8 Å². The SMILES string of the molecule is O=C(O)c1ccc(N2CCC(O)(c3ccc(OCc4c(C5CC5)oc(=O)n4-c4c(Cl)cccc4Cl)cc3Cl)C2)nc1. The standard InChI is InChI=1S/C29H24Cl3N3O6/c30-20-2-1-3-21(31)25(20)35-23(26(16-4-5-16)41-28(35)38)14-40-18-7-8-19(22(32)12-18)29(39)10-11-34(15-29)24-9-6-17(13-33-24)27(36)37/h1-3,6-9,12-13,16,39H,4-5,10-11,14-15H2,(H,36,37). The van der Waals surface area contributed by atoms with E-state index in [-0.39, 0.29) is 24.6 Å². The van der Waals surface area contributed by atoms with Crippen LogP contribution in [0.4, 0.5) is 5.82 Å². The highest BCUT2D eigenvalue weighted by Gasteiger charge is 2.40. The Morgan fingerprint density at radius 2 is 1.85 bits per heavy atom. The second-order valence-corrected chi connectivity index (χ2v) is 11.4. The minimum absolute atomic E-state index is 0.00482. The minimum atomic E-state index is -1.24. The number of halogens is 3. The summed E-state index contributed by atoms with van der Waals surface area (Å²) < 4.78 is 13.1. The molecule has 41 heavy (non-hydrogen) atoms. The number of carbonyl (C=O) groups is 1. The summed E-state index contributed by atoms with van der Waals surface area (Å²) in [6.07, 6.45) is 3.51. The molecule has 12 heteroatoms. The Morgan fingerprint density at radius 3 is 2.49 bits per heavy atom. The lowest BCUT2D eigenvalue weighted by Gasteiger charge is -2.25. The van der Waals surface area contributed by atoms with E-state index in [4.69, 9.17) is 49.1 Å². The second kappa shape index (κ2) is 10.7. The van der Waals surface area contributed by atoms with Gasteiger partial charge in [0.2, 0.25) is 0 Å². The Kier molecular flexibility index (Phi) is 7.23. The van der Waals surface area contributed by atoms with Gasteiger partial charge in [-0.15, -0.1) is 0 Å². The number of aromatic nitrogens is 2. The van der Waals surface area contributed by atoms with Gasteiger partial charge in [-0.3, -0.25) is 0 Å². The maximum atomic E-state index is 12.9. The summed E-state index contributed by atoms with van der Waals surface area (Å²) in [5.41, 5.74) is 0.252. The molecule has 0 radical (unpaired) electrons. The molecule has 2 N–H and O–H groups in total. The van der Waals surface area contributed by atoms with E-state index in [1.54, 1.807) is 42.5 Å². The summed E-state index contributed by atoms with van der Waals surface area (Å²) in [5.74, 6) is 0.0503. The minimum Gasteiger partial charge on any atom is -0.487 e. The summed E-state index contributed by atoms with van der Waals surface area (Å²) in [4.78, 5) is 30.1. The fourth-order valence-corrected chi connectivity index (χ4v) is 6.08. The number of oxazole rings is 1. The van der Waals surface area contributed by atoms with Gasteiger partial charge in [0.25, 0.3) is 0 Å². The molecular formula is C29H24Cl3N3O6. The van der Waals surface area contributed by atoms with E-state index in [2.05, 4.69) is 4.98 Å². The zero-order valence-electron chi connectivity index (χ0n) is 21.5. The molecule has 2 fully saturated rings. The lowest BCUT2D eigenvalue weighted by molar-refractivity contribution is 0.0606. The van der Waals surface area contributed by atoms with E-state index in [9.17, 15) is 14.7 Å². The van der Waals surface area contributed by atoms with Gasteiger partial charge in [0, 0.05) is 24.2 Å². The number of benzene rings is 2. The number of aromatic carboxylic acids is 1. The number of ether oxygens (including phenoxy) is 1. The average Bonchev–Trinajstić information content (AvgIpc) is 3.64. The van der Waals surface area contributed by atoms with E-state index in [1.807, 2.05) is 4.90 Å². The zero-order valence-corrected chi connectivity index (χ0v) is 23.8. The van der Waals surface area contributed by atoms with Crippen LogP contribution in [0.25, 0.3) is 5.69 Å². The molecule has 6 rings (SSSR count). The van der Waals surface area contributed by atoms with Gasteiger partial charge in [-0.2, -0.15) is 0 Å². The van der Waals surface area contributed by atoms with Crippen LogP contribution in [0, 0.1) is 0 Å². The van der Waals surface area contributed by atoms with Gasteiger partial charge < -0.3 is 24.3 Å². The van der Waals surface area contributed by atoms with Crippen molar-refractivity contribution < 1.29 is 24.2 Å². The van der Waals surface area contributed by atoms with Gasteiger partial charge in [-0.25, -0.2) is 19.1 Å². The van der Waals surface area contributed by atoms with Gasteiger partial charge in [0.15, 0.2) is 0 Å². The van der Waals surface area contributed by atoms with Gasteiger partial charge in [0.05, 0.1) is 32.9 Å². The Bertz CT molecular complexity index is 1680. The van der Waals surface area contributed by atoms with Crippen molar-refractivity contribution in [2.75, 3.05) is 18.0 Å². The predicted octanol–water partition coefficient (Wildman–Crippen LogP) is 6.04. The van der Waals surface area contributed by atoms with E-state index >= 15 is 0 Å². The average molecular weight is 617 g/mol. The van der Waals surface area contributed by atoms with Crippen molar-refractivity contribution in [1.82, 2.24) is 9.55 Å². The molecule has 1 aliphatic heterocycles. The van der Waals surface area contributed by atoms with Crippen LogP contribution < -0.4 is 15.4 Å². The quantitative estimate of drug-likeness (QED) is 0.246. The third-order valence-corrected chi connectivity index (χ3v) is 8.35. The number of rotatable bonds is 8. The summed E-state index contributed by atoms with van der Waals surface area (Å²) in [7, 11) is 0. The lowest BCUT2D eigenvalue weighted by atomic mass is 9.93. The van der Waals surface area contributed by atoms with E-state index in [0.717, 1.165) is 12.8 Å². The summed E-state index contributed by atoms with van der Waals surface area (Å²) in [5, 5.41) is 21.5. The Labute approximate surface area is 249 Å². The first kappa shape index (κ1) is 27.7. The molecule has 212 valence electrons. The second-order valence-electron chi connectivity index (χ2n) is 10.2. The lowest BCUT2D eigenvalue weighted by Crippen LogP contribution is -2.31. The van der Waals surface area contributed by atoms with Crippen LogP contribution in [0.5, 0.6) is 5.75 Å². The molecular weight excluding hydrogens is 593 g/mol. The largest absolute Gasteiger partial charge is 0.487 e. The number of pyridine rings is 1. The predicted molar refractivity (Wildman–Crippen MR) is 154 cm³/mol. The molecule has 1 saturated carbocycles. The zero-order chi connectivity index (χ0) is 28.9. The summed E-state index contributed by atoms with van der Waals surface area (Å²) >= 11 is 19.5. The number of carboxylic acids is 1. The maximum absolute atomic E-state index is 12.9. The van der Waals surface area contributed by atoms with Crippen molar-refractivity contribution >= 4 is 46.6 Å². The number of carboxylic acid groups (broad SMARTS) is 1. The third-order valence-electron chi connectivity index (χ3n) is 7.43. The van der Waals surface area contributed by atoms with Crippen molar-refractivity contribution in [2.24, 2.45) is 0 Å². The highest BCUT2D eigenvalue weighted by Crippen LogP contribution is 2.43. The van der Waals surface area contributed by atoms with Crippen molar-refractivity contribution in [3.8, 4) is 11.4 Å². The van der Waals surface area contributed by atoms with Crippen LogP contribution in [0.2, 0.25) is 15.1 Å². The summed E-state index contributed by atoms with van der Waals surface area (Å²) in [6.45, 7) is 0.749. The molecule has 2 aromatic carbocycles. The van der Waals surface area contributed by atoms with Crippen molar-refractivity contribution in [1.29, 1.82) is 0 Å². The normalized spacial score (nSPS) is 18.6. The number of anilines is 1. The first-order chi connectivity index (χ1) is 19.6. The smallest absolute Gasteiger partial charge is 0.424 e. The van der Waals surface area contributed by atoms with Gasteiger partial charge >= 0.3 is 11.7 Å². The van der Waals surface area contributed by atoms with E-state index < -0.39 is 17.3 Å². The number of aliphatic hydroxyl groups is 1. The Morgan fingerprint density at radius 1 is 1.10 bits per heavy atom. The molecule has 1 unspecified atom stereocenters. The molecule has 0 amide bonds. The topological polar surface area (TPSA) is 118 Å². The van der Waals surface area contributed by atoms with Crippen molar-refractivity contribution in [3.63, 3.8) is 0 Å². The molecule has 2 aromatic heterocycles. The van der Waals surface area contributed by atoms with Crippen molar-refractivity contribution in [2.45, 2.75) is 37.4 Å². The fourth-order valence-electron chi connectivity index (χ4n) is 5.17. The molecule has 0 spiro atoms. The molecule has 1 saturated heterocycles. The summed E-state index contributed by atoms with van der Waals surface area (Å²) in [6, 6.07) is 13.2. The Hall–Kier alpha value is -3.50. The van der Waals surface area contributed by atoms with Crippen LogP contribution in [0.1, 0.15) is 52.6 Å². The van der Waals surface area contributed by atoms with Crippen molar-refractivity contribution in [3.05, 3.63) is 103 Å². The number of nitrogens with zero attached hydrogens (tertiary/aromatic N) is 3. The molecule has 1 atom stereocenters. The number of hydrogen-bond acceptors (Lipinski definition) is 7. The number of para-hydroxylation sites is 1. The van der Waals surface area contributed by atoms with Crippen LogP contribution in [-0.2, 0) is 12.2 Å². The number of hydrogen-bond donors (Lipinski definition) is 2. The van der Waals surface area contributed by atoms with Gasteiger partial charge in [-0.05, 0) is 55.7 Å². The number of β-amino-alcohol motifs (C(OH)–C–C–N with tert-alkyl or cyclic N) is 1. The first-order valence-electron chi connectivity index (χ1n) is 12.9. The van der Waals surface area contributed by atoms with E-state index in [0.29, 0.717) is 62.3 Å². The van der Waals surface area contributed by atoms with Crippen LogP contribution in [0.3, 0.4) is 0 Å². The monoisotopic (exact) mass is 615 g/mol. The van der Waals surface area contributed by atoms with Gasteiger partial charge in [-0.1, -0.05) is 46.9 Å². The highest BCUT2D eigenvalue weighted by molar-refractivity contribution is 6.37. The van der Waals surface area contributed by atoms with Crippen LogP contribution in [-0.4, -0.2) is 38.8 Å². The molecule has 4 aromatic rings. The van der Waals surface area contributed by atoms with E-state index in [1.165, 1.54) is 16.8 Å². The molecule has 0 bridgehead atoms. The maximum Gasteiger partial charge on any atom is 0.424 e. The molecule has 3 heterocycles.